The first kappa shape index (κ1) is 14.7. The van der Waals surface area contributed by atoms with Gasteiger partial charge < -0.3 is 5.32 Å². The molecule has 20 heavy (non-hydrogen) atoms. The highest BCUT2D eigenvalue weighted by molar-refractivity contribution is 7.11. The van der Waals surface area contributed by atoms with Gasteiger partial charge in [0.15, 0.2) is 0 Å². The van der Waals surface area contributed by atoms with Crippen molar-refractivity contribution in [2.24, 2.45) is 0 Å². The second-order valence-electron chi connectivity index (χ2n) is 4.95. The van der Waals surface area contributed by atoms with Crippen molar-refractivity contribution >= 4 is 17.2 Å². The fraction of sp³-hybridized carbons (Fsp3) is 0.375. The molecular formula is C16H20N2OS. The van der Waals surface area contributed by atoms with Gasteiger partial charge >= 0.3 is 0 Å². The Morgan fingerprint density at radius 1 is 1.20 bits per heavy atom. The van der Waals surface area contributed by atoms with Crippen molar-refractivity contribution < 1.29 is 4.79 Å². The summed E-state index contributed by atoms with van der Waals surface area (Å²) in [6.45, 7) is 4.78. The molecule has 4 heteroatoms. The number of nitrogens with one attached hydrogen (secondary N) is 1. The van der Waals surface area contributed by atoms with E-state index >= 15 is 0 Å². The van der Waals surface area contributed by atoms with Crippen LogP contribution in [0.5, 0.6) is 0 Å². The zero-order chi connectivity index (χ0) is 14.4. The molecule has 0 aliphatic carbocycles. The molecule has 0 aliphatic rings. The van der Waals surface area contributed by atoms with E-state index in [0.29, 0.717) is 13.0 Å². The van der Waals surface area contributed by atoms with Gasteiger partial charge in [-0.3, -0.25) is 4.79 Å². The Labute approximate surface area is 124 Å². The van der Waals surface area contributed by atoms with Gasteiger partial charge in [0.1, 0.15) is 0 Å². The van der Waals surface area contributed by atoms with Crippen molar-refractivity contribution in [3.8, 4) is 0 Å². The van der Waals surface area contributed by atoms with Gasteiger partial charge in [-0.05, 0) is 25.8 Å². The first-order valence-corrected chi connectivity index (χ1v) is 7.68. The van der Waals surface area contributed by atoms with Crippen molar-refractivity contribution in [3.05, 3.63) is 51.5 Å². The minimum atomic E-state index is 0.110. The van der Waals surface area contributed by atoms with Gasteiger partial charge in [-0.1, -0.05) is 29.8 Å². The van der Waals surface area contributed by atoms with E-state index in [1.807, 2.05) is 13.1 Å². The van der Waals surface area contributed by atoms with Crippen LogP contribution in [0.2, 0.25) is 0 Å². The highest BCUT2D eigenvalue weighted by Crippen LogP contribution is 2.11. The van der Waals surface area contributed by atoms with E-state index in [0.717, 1.165) is 17.8 Å². The van der Waals surface area contributed by atoms with Gasteiger partial charge in [-0.2, -0.15) is 0 Å². The summed E-state index contributed by atoms with van der Waals surface area (Å²) in [4.78, 5) is 17.2. The number of aryl methyl sites for hydroxylation is 3. The fourth-order valence-electron chi connectivity index (χ4n) is 1.93. The van der Waals surface area contributed by atoms with E-state index in [1.54, 1.807) is 11.3 Å². The van der Waals surface area contributed by atoms with E-state index in [4.69, 9.17) is 0 Å². The molecule has 0 saturated heterocycles. The minimum Gasteiger partial charge on any atom is -0.356 e. The summed E-state index contributed by atoms with van der Waals surface area (Å²) in [6, 6.07) is 8.33. The Hall–Kier alpha value is -1.68. The fourth-order valence-corrected chi connectivity index (χ4v) is 2.71. The highest BCUT2D eigenvalue weighted by Gasteiger charge is 2.03. The molecule has 1 aromatic heterocycles. The molecule has 0 radical (unpaired) electrons. The second-order valence-corrected chi connectivity index (χ2v) is 6.27. The Bertz CT molecular complexity index is 560. The summed E-state index contributed by atoms with van der Waals surface area (Å²) in [5.41, 5.74) is 2.46. The molecule has 1 heterocycles. The predicted molar refractivity (Wildman–Crippen MR) is 83.1 cm³/mol. The van der Waals surface area contributed by atoms with Crippen LogP contribution < -0.4 is 5.32 Å². The summed E-state index contributed by atoms with van der Waals surface area (Å²) < 4.78 is 0. The van der Waals surface area contributed by atoms with Crippen molar-refractivity contribution in [1.29, 1.82) is 0 Å². The van der Waals surface area contributed by atoms with Crippen molar-refractivity contribution in [2.75, 3.05) is 6.54 Å². The average molecular weight is 288 g/mol. The van der Waals surface area contributed by atoms with Crippen LogP contribution in [0, 0.1) is 13.8 Å². The summed E-state index contributed by atoms with van der Waals surface area (Å²) in [5.74, 6) is 0.110. The van der Waals surface area contributed by atoms with Crippen LogP contribution in [-0.4, -0.2) is 17.4 Å². The standard InChI is InChI=1S/C16H20N2OS/c1-12-3-5-14(6-4-12)7-8-15(19)17-10-9-16-18-11-13(2)20-16/h3-6,11H,7-10H2,1-2H3,(H,17,19). The molecule has 0 bridgehead atoms. The first-order valence-electron chi connectivity index (χ1n) is 6.87. The number of aromatic nitrogens is 1. The zero-order valence-corrected chi connectivity index (χ0v) is 12.8. The second kappa shape index (κ2) is 7.20. The van der Waals surface area contributed by atoms with Crippen LogP contribution in [0.3, 0.4) is 0 Å². The van der Waals surface area contributed by atoms with Gasteiger partial charge in [-0.25, -0.2) is 4.98 Å². The smallest absolute Gasteiger partial charge is 0.220 e. The zero-order valence-electron chi connectivity index (χ0n) is 12.0. The van der Waals surface area contributed by atoms with E-state index in [1.165, 1.54) is 16.0 Å². The molecule has 0 saturated carbocycles. The number of benzene rings is 1. The number of amides is 1. The Kier molecular flexibility index (Phi) is 5.30. The molecule has 0 fully saturated rings. The molecule has 3 nitrogen and oxygen atoms in total. The molecule has 0 aliphatic heterocycles. The van der Waals surface area contributed by atoms with Crippen molar-refractivity contribution in [2.45, 2.75) is 33.1 Å². The summed E-state index contributed by atoms with van der Waals surface area (Å²) in [6.07, 6.45) is 4.02. The Morgan fingerprint density at radius 2 is 1.95 bits per heavy atom. The number of carbonyl (C=O) groups is 1. The number of hydrogen-bond donors (Lipinski definition) is 1. The third-order valence-corrected chi connectivity index (χ3v) is 4.06. The number of carbonyl (C=O) groups excluding carboxylic acids is 1. The number of rotatable bonds is 6. The number of hydrogen-bond acceptors (Lipinski definition) is 3. The molecule has 1 N–H and O–H groups in total. The molecule has 2 rings (SSSR count). The summed E-state index contributed by atoms with van der Waals surface area (Å²) >= 11 is 1.69. The van der Waals surface area contributed by atoms with Gasteiger partial charge in [0.05, 0.1) is 5.01 Å². The van der Waals surface area contributed by atoms with Crippen molar-refractivity contribution in [1.82, 2.24) is 10.3 Å². The normalized spacial score (nSPS) is 10.5. The predicted octanol–water partition coefficient (Wildman–Crippen LogP) is 3.05. The van der Waals surface area contributed by atoms with Crippen LogP contribution in [0.25, 0.3) is 0 Å². The lowest BCUT2D eigenvalue weighted by molar-refractivity contribution is -0.121. The Balaban J connectivity index is 1.66. The maximum atomic E-state index is 11.8. The molecule has 106 valence electrons. The van der Waals surface area contributed by atoms with Gasteiger partial charge in [0, 0.05) is 30.5 Å². The first-order chi connectivity index (χ1) is 9.63. The molecule has 0 spiro atoms. The van der Waals surface area contributed by atoms with Crippen LogP contribution >= 0.6 is 11.3 Å². The van der Waals surface area contributed by atoms with Gasteiger partial charge in [0.25, 0.3) is 0 Å². The van der Waals surface area contributed by atoms with Crippen LogP contribution in [-0.2, 0) is 17.6 Å². The van der Waals surface area contributed by atoms with E-state index < -0.39 is 0 Å². The SMILES string of the molecule is Cc1ccc(CCC(=O)NCCc2ncc(C)s2)cc1. The van der Waals surface area contributed by atoms with Crippen molar-refractivity contribution in [3.63, 3.8) is 0 Å². The van der Waals surface area contributed by atoms with Gasteiger partial charge in [0.2, 0.25) is 5.91 Å². The molecule has 1 aromatic carbocycles. The molecular weight excluding hydrogens is 268 g/mol. The molecule has 2 aromatic rings. The lowest BCUT2D eigenvalue weighted by Crippen LogP contribution is -2.25. The largest absolute Gasteiger partial charge is 0.356 e. The summed E-state index contributed by atoms with van der Waals surface area (Å²) in [7, 11) is 0. The van der Waals surface area contributed by atoms with E-state index in [2.05, 4.69) is 41.5 Å². The highest BCUT2D eigenvalue weighted by atomic mass is 32.1. The molecule has 0 unspecified atom stereocenters. The lowest BCUT2D eigenvalue weighted by atomic mass is 10.1. The molecule has 0 atom stereocenters. The molecule has 1 amide bonds. The minimum absolute atomic E-state index is 0.110. The van der Waals surface area contributed by atoms with Crippen LogP contribution in [0.4, 0.5) is 0 Å². The number of thiazole rings is 1. The quantitative estimate of drug-likeness (QED) is 0.887. The number of nitrogens with zero attached hydrogens (tertiary/aromatic N) is 1. The summed E-state index contributed by atoms with van der Waals surface area (Å²) in [5, 5.41) is 4.03. The average Bonchev–Trinajstić information content (AvgIpc) is 2.84. The van der Waals surface area contributed by atoms with Crippen LogP contribution in [0.15, 0.2) is 30.5 Å². The maximum absolute atomic E-state index is 11.8. The maximum Gasteiger partial charge on any atom is 0.220 e. The van der Waals surface area contributed by atoms with E-state index in [-0.39, 0.29) is 5.91 Å². The van der Waals surface area contributed by atoms with E-state index in [9.17, 15) is 4.79 Å². The lowest BCUT2D eigenvalue weighted by Gasteiger charge is -2.04. The third-order valence-electron chi connectivity index (χ3n) is 3.09. The monoisotopic (exact) mass is 288 g/mol. The van der Waals surface area contributed by atoms with Crippen LogP contribution in [0.1, 0.15) is 27.4 Å². The topological polar surface area (TPSA) is 42.0 Å². The Morgan fingerprint density at radius 3 is 2.60 bits per heavy atom. The van der Waals surface area contributed by atoms with Gasteiger partial charge in [-0.15, -0.1) is 11.3 Å². The third kappa shape index (κ3) is 4.78.